The van der Waals surface area contributed by atoms with E-state index in [1.54, 1.807) is 29.0 Å². The van der Waals surface area contributed by atoms with Gasteiger partial charge in [0.25, 0.3) is 0 Å². The van der Waals surface area contributed by atoms with Crippen LogP contribution >= 0.6 is 22.7 Å². The van der Waals surface area contributed by atoms with Gasteiger partial charge < -0.3 is 9.30 Å². The number of hydrogen-bond donors (Lipinski definition) is 0. The van der Waals surface area contributed by atoms with Crippen molar-refractivity contribution in [3.63, 3.8) is 0 Å². The zero-order valence-corrected chi connectivity index (χ0v) is 32.4. The monoisotopic (exact) mass is 859 g/mol. The van der Waals surface area contributed by atoms with Crippen LogP contribution in [0.25, 0.3) is 58.5 Å². The van der Waals surface area contributed by atoms with Crippen molar-refractivity contribution in [3.8, 4) is 27.9 Å². The Kier molecular flexibility index (Phi) is 8.54. The third kappa shape index (κ3) is 6.22. The van der Waals surface area contributed by atoms with Gasteiger partial charge in [-0.15, -0.1) is 34.9 Å². The van der Waals surface area contributed by atoms with Gasteiger partial charge in [0, 0.05) is 43.7 Å². The summed E-state index contributed by atoms with van der Waals surface area (Å²) in [4.78, 5) is 16.2. The van der Waals surface area contributed by atoms with E-state index in [0.717, 1.165) is 59.7 Å². The summed E-state index contributed by atoms with van der Waals surface area (Å²) in [6.45, 7) is 15.6. The Balaban J connectivity index is 0.00000378. The SMILES string of the molecule is Cc1sc(-c2ncnc3c2sc2cc(CC(C)(C)C)ccc23)[c-]c1Oc1[c-]c2c(cc1)c1ccccc1n2-c1cc(C(C)(C)C)ccn1.[Pt+2]. The number of thiophene rings is 2. The van der Waals surface area contributed by atoms with Crippen LogP contribution in [0.1, 0.15) is 57.5 Å². The number of aryl methyl sites for hydroxylation is 1. The normalized spacial score (nSPS) is 12.3. The third-order valence-corrected chi connectivity index (χ3v) is 10.8. The average molecular weight is 860 g/mol. The quantitative estimate of drug-likeness (QED) is 0.162. The molecule has 0 saturated heterocycles. The Bertz CT molecular complexity index is 2510. The molecule has 0 aliphatic rings. The van der Waals surface area contributed by atoms with Crippen molar-refractivity contribution in [1.29, 1.82) is 0 Å². The van der Waals surface area contributed by atoms with E-state index in [9.17, 15) is 0 Å². The molecule has 0 fully saturated rings. The fourth-order valence-electron chi connectivity index (χ4n) is 6.41. The molecule has 0 saturated carbocycles. The molecule has 3 aromatic carbocycles. The molecule has 0 aliphatic carbocycles. The van der Waals surface area contributed by atoms with Gasteiger partial charge in [0.2, 0.25) is 0 Å². The zero-order chi connectivity index (χ0) is 33.4. The largest absolute Gasteiger partial charge is 2.00 e. The number of nitrogens with zero attached hydrogens (tertiary/aromatic N) is 4. The van der Waals surface area contributed by atoms with E-state index in [2.05, 4.69) is 126 Å². The third-order valence-electron chi connectivity index (χ3n) is 8.68. The molecule has 49 heavy (non-hydrogen) atoms. The van der Waals surface area contributed by atoms with E-state index in [4.69, 9.17) is 19.7 Å². The van der Waals surface area contributed by atoms with Crippen molar-refractivity contribution < 1.29 is 25.8 Å². The molecule has 0 N–H and O–H groups in total. The molecule has 0 unspecified atom stereocenters. The molecule has 0 bridgehead atoms. The number of hydrogen-bond acceptors (Lipinski definition) is 6. The fraction of sp³-hybridized carbons (Fsp3) is 0.244. The first-order chi connectivity index (χ1) is 22.9. The molecular weight excluding hydrogens is 824 g/mol. The van der Waals surface area contributed by atoms with Gasteiger partial charge in [-0.25, -0.2) is 21.3 Å². The molecule has 0 radical (unpaired) electrons. The molecule has 0 amide bonds. The van der Waals surface area contributed by atoms with Crippen LogP contribution in [-0.2, 0) is 32.9 Å². The van der Waals surface area contributed by atoms with Crippen molar-refractivity contribution in [2.75, 3.05) is 0 Å². The van der Waals surface area contributed by atoms with Crippen LogP contribution in [0.3, 0.4) is 0 Å². The van der Waals surface area contributed by atoms with Crippen molar-refractivity contribution in [3.05, 3.63) is 107 Å². The zero-order valence-electron chi connectivity index (χ0n) is 28.5. The minimum Gasteiger partial charge on any atom is -0.508 e. The maximum atomic E-state index is 6.54. The molecule has 8 heteroatoms. The Hall–Kier alpha value is -3.90. The molecule has 8 rings (SSSR count). The number of pyridine rings is 1. The van der Waals surface area contributed by atoms with E-state index >= 15 is 0 Å². The summed E-state index contributed by atoms with van der Waals surface area (Å²) in [5.74, 6) is 2.17. The van der Waals surface area contributed by atoms with Gasteiger partial charge in [-0.3, -0.25) is 4.98 Å². The predicted octanol–water partition coefficient (Wildman–Crippen LogP) is 11.6. The van der Waals surface area contributed by atoms with Gasteiger partial charge in [-0.2, -0.15) is 6.07 Å². The van der Waals surface area contributed by atoms with Gasteiger partial charge in [0.05, 0.1) is 5.52 Å². The summed E-state index contributed by atoms with van der Waals surface area (Å²) in [7, 11) is 0. The van der Waals surface area contributed by atoms with E-state index in [0.29, 0.717) is 11.5 Å². The number of fused-ring (bicyclic) bond motifs is 6. The van der Waals surface area contributed by atoms with Crippen molar-refractivity contribution >= 4 is 64.8 Å². The molecule has 8 aromatic rings. The molecule has 5 heterocycles. The summed E-state index contributed by atoms with van der Waals surface area (Å²) in [5, 5.41) is 3.42. The Morgan fingerprint density at radius 2 is 1.61 bits per heavy atom. The van der Waals surface area contributed by atoms with Crippen LogP contribution in [0.15, 0.2) is 79.3 Å². The smallest absolute Gasteiger partial charge is 0.508 e. The predicted molar refractivity (Wildman–Crippen MR) is 201 cm³/mol. The second kappa shape index (κ2) is 12.5. The van der Waals surface area contributed by atoms with Crippen molar-refractivity contribution in [1.82, 2.24) is 19.5 Å². The second-order valence-corrected chi connectivity index (χ2v) is 17.0. The van der Waals surface area contributed by atoms with Crippen LogP contribution in [0.5, 0.6) is 11.5 Å². The number of para-hydroxylation sites is 1. The van der Waals surface area contributed by atoms with E-state index < -0.39 is 0 Å². The van der Waals surface area contributed by atoms with Gasteiger partial charge in [0.15, 0.2) is 0 Å². The summed E-state index contributed by atoms with van der Waals surface area (Å²) in [5.41, 5.74) is 6.68. The number of aromatic nitrogens is 4. The Labute approximate surface area is 309 Å². The standard InChI is InChI=1S/C41H36N4OS2.Pt/c1-24-33(21-35(47-24)38-39-37(43-23-44-38)30-14-12-25(18-34(30)48-39)22-40(2,3)4)46-27-13-15-29-28-10-8-9-11-31(28)45(32(29)20-27)36-19-26(16-17-42-36)41(5,6)7;/h8-19,23H,22H2,1-7H3;/q-2;+2. The number of ether oxygens (including phenoxy) is 1. The van der Waals surface area contributed by atoms with Crippen molar-refractivity contribution in [2.45, 2.75) is 60.3 Å². The maximum absolute atomic E-state index is 6.54. The fourth-order valence-corrected chi connectivity index (χ4v) is 8.58. The topological polar surface area (TPSA) is 52.8 Å². The Morgan fingerprint density at radius 3 is 2.41 bits per heavy atom. The van der Waals surface area contributed by atoms with Crippen LogP contribution < -0.4 is 4.74 Å². The molecule has 0 spiro atoms. The minimum absolute atomic E-state index is 0. The molecule has 0 aliphatic heterocycles. The first-order valence-electron chi connectivity index (χ1n) is 16.2. The molecule has 248 valence electrons. The van der Waals surface area contributed by atoms with E-state index in [1.165, 1.54) is 21.2 Å². The minimum atomic E-state index is -0.00125. The summed E-state index contributed by atoms with van der Waals surface area (Å²) < 4.78 is 11.0. The molecular formula is C41H36N4OPtS2. The summed E-state index contributed by atoms with van der Waals surface area (Å²) in [6, 6.07) is 30.7. The Morgan fingerprint density at radius 1 is 0.816 bits per heavy atom. The number of rotatable bonds is 5. The van der Waals surface area contributed by atoms with Gasteiger partial charge >= 0.3 is 21.1 Å². The van der Waals surface area contributed by atoms with E-state index in [-0.39, 0.29) is 31.9 Å². The van der Waals surface area contributed by atoms with Crippen molar-refractivity contribution in [2.24, 2.45) is 5.41 Å². The summed E-state index contributed by atoms with van der Waals surface area (Å²) in [6.07, 6.45) is 4.59. The van der Waals surface area contributed by atoms with Crippen LogP contribution in [0.2, 0.25) is 0 Å². The summed E-state index contributed by atoms with van der Waals surface area (Å²) >= 11 is 3.39. The molecule has 5 nitrogen and oxygen atoms in total. The average Bonchev–Trinajstić information content (AvgIpc) is 3.70. The van der Waals surface area contributed by atoms with Crippen LogP contribution in [0, 0.1) is 24.5 Å². The maximum Gasteiger partial charge on any atom is 2.00 e. The molecule has 0 atom stereocenters. The first kappa shape index (κ1) is 33.6. The van der Waals surface area contributed by atoms with Gasteiger partial charge in [-0.1, -0.05) is 94.1 Å². The molecule has 5 aromatic heterocycles. The second-order valence-electron chi connectivity index (χ2n) is 14.7. The van der Waals surface area contributed by atoms with Crippen LogP contribution in [0.4, 0.5) is 0 Å². The number of benzene rings is 3. The van der Waals surface area contributed by atoms with Gasteiger partial charge in [0.1, 0.15) is 12.1 Å². The first-order valence-corrected chi connectivity index (χ1v) is 17.9. The van der Waals surface area contributed by atoms with Crippen LogP contribution in [-0.4, -0.2) is 19.5 Å². The van der Waals surface area contributed by atoms with Gasteiger partial charge in [-0.05, 0) is 58.0 Å². The van der Waals surface area contributed by atoms with E-state index in [1.807, 2.05) is 12.3 Å².